The molecule has 6 nitrogen and oxygen atoms in total. The fraction of sp³-hybridized carbons (Fsp3) is 0.632. The third-order valence-electron chi connectivity index (χ3n) is 4.37. The van der Waals surface area contributed by atoms with Crippen LogP contribution in [0.3, 0.4) is 0 Å². The zero-order valence-corrected chi connectivity index (χ0v) is 18.3. The molecule has 0 spiro atoms. The molecule has 26 heavy (non-hydrogen) atoms. The summed E-state index contributed by atoms with van der Waals surface area (Å²) in [5.41, 5.74) is 0.814. The third-order valence-corrected chi connectivity index (χ3v) is 4.37. The largest absolute Gasteiger partial charge is 0.497 e. The van der Waals surface area contributed by atoms with Crippen molar-refractivity contribution in [1.29, 1.82) is 0 Å². The van der Waals surface area contributed by atoms with Crippen molar-refractivity contribution in [2.45, 2.75) is 38.9 Å². The summed E-state index contributed by atoms with van der Waals surface area (Å²) in [6.45, 7) is 7.84. The number of aliphatic hydroxyl groups excluding tert-OH is 1. The van der Waals surface area contributed by atoms with Gasteiger partial charge in [-0.1, -0.05) is 12.1 Å². The minimum atomic E-state index is -0.648. The molecule has 1 heterocycles. The number of halogens is 1. The van der Waals surface area contributed by atoms with Gasteiger partial charge in [0.2, 0.25) is 0 Å². The first kappa shape index (κ1) is 23.0. The highest BCUT2D eigenvalue weighted by molar-refractivity contribution is 14.0. The molecule has 0 amide bonds. The molecule has 1 aromatic rings. The Hall–Kier alpha value is -1.06. The second kappa shape index (κ2) is 12.3. The molecule has 1 aromatic carbocycles. The number of benzene rings is 1. The summed E-state index contributed by atoms with van der Waals surface area (Å²) in [5, 5.41) is 13.8. The number of methoxy groups -OCH3 is 1. The lowest BCUT2D eigenvalue weighted by molar-refractivity contribution is 0.0263. The van der Waals surface area contributed by atoms with Gasteiger partial charge in [0.15, 0.2) is 5.96 Å². The quantitative estimate of drug-likeness (QED) is 0.359. The molecule has 0 bridgehead atoms. The Morgan fingerprint density at radius 3 is 2.69 bits per heavy atom. The number of nitrogens with one attached hydrogen (secondary N) is 1. The van der Waals surface area contributed by atoms with E-state index in [1.165, 1.54) is 0 Å². The van der Waals surface area contributed by atoms with Crippen LogP contribution in [0.4, 0.5) is 0 Å². The highest BCUT2D eigenvalue weighted by atomic mass is 127. The van der Waals surface area contributed by atoms with Crippen molar-refractivity contribution in [3.63, 3.8) is 0 Å². The van der Waals surface area contributed by atoms with E-state index < -0.39 is 6.10 Å². The van der Waals surface area contributed by atoms with Crippen LogP contribution in [0, 0.1) is 0 Å². The standard InChI is InChI=1S/C19H31N3O3.HI/c1-4-20-19(22-11-9-16(10-12-22)25-5-2)21-14-18(23)15-7-6-8-17(13-15)24-3;/h6-8,13,16,18,23H,4-5,9-12,14H2,1-3H3,(H,20,21);1H. The van der Waals surface area contributed by atoms with Gasteiger partial charge in [-0.25, -0.2) is 0 Å². The molecule has 1 fully saturated rings. The zero-order chi connectivity index (χ0) is 18.1. The van der Waals surface area contributed by atoms with Crippen LogP contribution < -0.4 is 10.1 Å². The van der Waals surface area contributed by atoms with Crippen molar-refractivity contribution in [3.8, 4) is 5.75 Å². The van der Waals surface area contributed by atoms with Gasteiger partial charge in [0.1, 0.15) is 5.75 Å². The number of likely N-dealkylation sites (tertiary alicyclic amines) is 1. The molecule has 0 saturated carbocycles. The highest BCUT2D eigenvalue weighted by Crippen LogP contribution is 2.20. The SMILES string of the molecule is CCNC(=NCC(O)c1cccc(OC)c1)N1CCC(OCC)CC1.I. The molecule has 1 aliphatic rings. The van der Waals surface area contributed by atoms with Gasteiger partial charge in [-0.15, -0.1) is 24.0 Å². The fourth-order valence-electron chi connectivity index (χ4n) is 3.02. The van der Waals surface area contributed by atoms with Crippen LogP contribution in [0.15, 0.2) is 29.3 Å². The van der Waals surface area contributed by atoms with Gasteiger partial charge in [-0.3, -0.25) is 4.99 Å². The Bertz CT molecular complexity index is 549. The van der Waals surface area contributed by atoms with E-state index in [-0.39, 0.29) is 24.0 Å². The molecule has 0 aromatic heterocycles. The van der Waals surface area contributed by atoms with Crippen molar-refractivity contribution < 1.29 is 14.6 Å². The number of aliphatic imine (C=N–C) groups is 1. The first-order valence-electron chi connectivity index (χ1n) is 9.14. The Balaban J connectivity index is 0.00000338. The summed E-state index contributed by atoms with van der Waals surface area (Å²) < 4.78 is 10.9. The van der Waals surface area contributed by atoms with Crippen molar-refractivity contribution >= 4 is 29.9 Å². The van der Waals surface area contributed by atoms with Gasteiger partial charge in [0.05, 0.1) is 25.9 Å². The van der Waals surface area contributed by atoms with Gasteiger partial charge in [0, 0.05) is 26.2 Å². The predicted molar refractivity (Wildman–Crippen MR) is 116 cm³/mol. The molecule has 1 saturated heterocycles. The van der Waals surface area contributed by atoms with E-state index in [9.17, 15) is 5.11 Å². The maximum absolute atomic E-state index is 10.4. The van der Waals surface area contributed by atoms with Crippen molar-refractivity contribution in [2.75, 3.05) is 39.9 Å². The number of nitrogens with zero attached hydrogens (tertiary/aromatic N) is 2. The van der Waals surface area contributed by atoms with E-state index in [4.69, 9.17) is 9.47 Å². The molecule has 1 aliphatic heterocycles. The summed E-state index contributed by atoms with van der Waals surface area (Å²) in [6, 6.07) is 7.49. The van der Waals surface area contributed by atoms with Crippen LogP contribution in [-0.2, 0) is 4.74 Å². The Kier molecular flexibility index (Phi) is 10.9. The van der Waals surface area contributed by atoms with E-state index >= 15 is 0 Å². The number of piperidine rings is 1. The van der Waals surface area contributed by atoms with Gasteiger partial charge >= 0.3 is 0 Å². The van der Waals surface area contributed by atoms with Crippen molar-refractivity contribution in [3.05, 3.63) is 29.8 Å². The average Bonchev–Trinajstić information content (AvgIpc) is 2.66. The first-order valence-corrected chi connectivity index (χ1v) is 9.14. The fourth-order valence-corrected chi connectivity index (χ4v) is 3.02. The summed E-state index contributed by atoms with van der Waals surface area (Å²) in [6.07, 6.45) is 1.73. The zero-order valence-electron chi connectivity index (χ0n) is 16.0. The number of rotatable bonds is 7. The first-order chi connectivity index (χ1) is 12.2. The summed E-state index contributed by atoms with van der Waals surface area (Å²) >= 11 is 0. The van der Waals surface area contributed by atoms with Gasteiger partial charge in [0.25, 0.3) is 0 Å². The average molecular weight is 477 g/mol. The van der Waals surface area contributed by atoms with E-state index in [1.54, 1.807) is 7.11 Å². The third kappa shape index (κ3) is 6.92. The van der Waals surface area contributed by atoms with Crippen molar-refractivity contribution in [2.24, 2.45) is 4.99 Å². The second-order valence-electron chi connectivity index (χ2n) is 6.13. The topological polar surface area (TPSA) is 66.3 Å². The van der Waals surface area contributed by atoms with Crippen molar-refractivity contribution in [1.82, 2.24) is 10.2 Å². The monoisotopic (exact) mass is 477 g/mol. The molecule has 2 N–H and O–H groups in total. The molecule has 2 rings (SSSR count). The molecule has 7 heteroatoms. The summed E-state index contributed by atoms with van der Waals surface area (Å²) in [4.78, 5) is 6.89. The minimum absolute atomic E-state index is 0. The lowest BCUT2D eigenvalue weighted by Crippen LogP contribution is -2.47. The molecule has 1 atom stereocenters. The molecule has 1 unspecified atom stereocenters. The Morgan fingerprint density at radius 1 is 1.35 bits per heavy atom. The van der Waals surface area contributed by atoms with Crippen LogP contribution in [0.25, 0.3) is 0 Å². The van der Waals surface area contributed by atoms with Crippen LogP contribution in [0.1, 0.15) is 38.4 Å². The number of hydrogen-bond donors (Lipinski definition) is 2. The normalized spacial score (nSPS) is 16.8. The molecule has 148 valence electrons. The smallest absolute Gasteiger partial charge is 0.194 e. The number of aliphatic hydroxyl groups is 1. The van der Waals surface area contributed by atoms with E-state index in [0.29, 0.717) is 12.6 Å². The second-order valence-corrected chi connectivity index (χ2v) is 6.13. The number of ether oxygens (including phenoxy) is 2. The highest BCUT2D eigenvalue weighted by Gasteiger charge is 2.21. The lowest BCUT2D eigenvalue weighted by atomic mass is 10.1. The number of guanidine groups is 1. The van der Waals surface area contributed by atoms with Crippen LogP contribution >= 0.6 is 24.0 Å². The molecule has 0 radical (unpaired) electrons. The van der Waals surface area contributed by atoms with Crippen LogP contribution in [0.2, 0.25) is 0 Å². The maximum atomic E-state index is 10.4. The minimum Gasteiger partial charge on any atom is -0.497 e. The van der Waals surface area contributed by atoms with E-state index in [0.717, 1.165) is 56.4 Å². The molecule has 0 aliphatic carbocycles. The van der Waals surface area contributed by atoms with Gasteiger partial charge in [-0.2, -0.15) is 0 Å². The summed E-state index contributed by atoms with van der Waals surface area (Å²) in [7, 11) is 1.62. The lowest BCUT2D eigenvalue weighted by Gasteiger charge is -2.34. The molecular weight excluding hydrogens is 445 g/mol. The number of hydrogen-bond acceptors (Lipinski definition) is 4. The van der Waals surface area contributed by atoms with E-state index in [2.05, 4.69) is 22.1 Å². The van der Waals surface area contributed by atoms with Crippen LogP contribution in [-0.4, -0.2) is 62.0 Å². The maximum Gasteiger partial charge on any atom is 0.194 e. The summed E-state index contributed by atoms with van der Waals surface area (Å²) in [5.74, 6) is 1.60. The van der Waals surface area contributed by atoms with E-state index in [1.807, 2.05) is 31.2 Å². The molecular formula is C19H32IN3O3. The van der Waals surface area contributed by atoms with Crippen LogP contribution in [0.5, 0.6) is 5.75 Å². The Labute approximate surface area is 174 Å². The van der Waals surface area contributed by atoms with Gasteiger partial charge in [-0.05, 0) is 44.4 Å². The Morgan fingerprint density at radius 2 is 2.08 bits per heavy atom. The predicted octanol–water partition coefficient (Wildman–Crippen LogP) is 2.81. The van der Waals surface area contributed by atoms with Gasteiger partial charge < -0.3 is 24.8 Å².